The lowest BCUT2D eigenvalue weighted by Gasteiger charge is -2.22. The van der Waals surface area contributed by atoms with E-state index < -0.39 is 0 Å². The molecule has 0 radical (unpaired) electrons. The van der Waals surface area contributed by atoms with Crippen LogP contribution >= 0.6 is 0 Å². The van der Waals surface area contributed by atoms with Crippen molar-refractivity contribution in [2.75, 3.05) is 6.67 Å². The second-order valence-electron chi connectivity index (χ2n) is 5.93. The van der Waals surface area contributed by atoms with Crippen LogP contribution in [0.2, 0.25) is 0 Å². The second-order valence-corrected chi connectivity index (χ2v) is 5.93. The van der Waals surface area contributed by atoms with E-state index in [-0.39, 0.29) is 23.7 Å². The van der Waals surface area contributed by atoms with E-state index in [1.54, 1.807) is 0 Å². The molecule has 2 fully saturated rings. The Kier molecular flexibility index (Phi) is 5.67. The Bertz CT molecular complexity index is 275. The van der Waals surface area contributed by atoms with Crippen LogP contribution in [0.1, 0.15) is 64.2 Å². The summed E-state index contributed by atoms with van der Waals surface area (Å²) in [5, 5.41) is 5.70. The fraction of sp³-hybridized carbons (Fsp3) is 0.867. The molecule has 2 saturated carbocycles. The van der Waals surface area contributed by atoms with E-state index >= 15 is 0 Å². The Morgan fingerprint density at radius 2 is 1.05 bits per heavy atom. The number of hydrogen-bond acceptors (Lipinski definition) is 2. The summed E-state index contributed by atoms with van der Waals surface area (Å²) in [5.41, 5.74) is 0. The van der Waals surface area contributed by atoms with Gasteiger partial charge in [0, 0.05) is 11.8 Å². The molecule has 2 rings (SSSR count). The molecule has 0 aromatic heterocycles. The third kappa shape index (κ3) is 4.51. The largest absolute Gasteiger partial charge is 0.338 e. The number of rotatable bonds is 4. The van der Waals surface area contributed by atoms with Crippen LogP contribution in [0, 0.1) is 11.8 Å². The molecule has 108 valence electrons. The summed E-state index contributed by atoms with van der Waals surface area (Å²) < 4.78 is 0. The molecule has 0 aliphatic heterocycles. The van der Waals surface area contributed by atoms with E-state index in [4.69, 9.17) is 0 Å². The van der Waals surface area contributed by atoms with E-state index in [0.29, 0.717) is 6.67 Å². The molecule has 4 heteroatoms. The summed E-state index contributed by atoms with van der Waals surface area (Å²) >= 11 is 0. The fourth-order valence-electron chi connectivity index (χ4n) is 3.24. The molecule has 2 aliphatic carbocycles. The number of nitrogens with one attached hydrogen (secondary N) is 2. The average Bonchev–Trinajstić information content (AvgIpc) is 2.49. The zero-order chi connectivity index (χ0) is 13.5. The van der Waals surface area contributed by atoms with Gasteiger partial charge in [-0.05, 0) is 25.7 Å². The molecule has 0 unspecified atom stereocenters. The molecule has 0 atom stereocenters. The van der Waals surface area contributed by atoms with Crippen molar-refractivity contribution in [1.29, 1.82) is 0 Å². The smallest absolute Gasteiger partial charge is 0.224 e. The Morgan fingerprint density at radius 3 is 1.42 bits per heavy atom. The quantitative estimate of drug-likeness (QED) is 0.767. The van der Waals surface area contributed by atoms with Crippen LogP contribution in [0.15, 0.2) is 0 Å². The Hall–Kier alpha value is -1.06. The standard InChI is InChI=1S/C15H26N2O2/c18-14(12-7-3-1-4-8-12)16-11-17-15(19)13-9-5-2-6-10-13/h12-13H,1-11H2,(H,16,18)(H,17,19). The van der Waals surface area contributed by atoms with Gasteiger partial charge in [-0.15, -0.1) is 0 Å². The van der Waals surface area contributed by atoms with Crippen LogP contribution in [-0.4, -0.2) is 18.5 Å². The second kappa shape index (κ2) is 7.51. The monoisotopic (exact) mass is 266 g/mol. The molecule has 0 aromatic carbocycles. The van der Waals surface area contributed by atoms with Crippen LogP contribution in [-0.2, 0) is 9.59 Å². The van der Waals surface area contributed by atoms with Crippen molar-refractivity contribution in [3.63, 3.8) is 0 Å². The van der Waals surface area contributed by atoms with Crippen LogP contribution in [0.25, 0.3) is 0 Å². The molecule has 4 nitrogen and oxygen atoms in total. The first-order chi connectivity index (χ1) is 9.27. The highest BCUT2D eigenvalue weighted by Gasteiger charge is 2.22. The maximum atomic E-state index is 11.9. The zero-order valence-electron chi connectivity index (χ0n) is 11.7. The van der Waals surface area contributed by atoms with Crippen molar-refractivity contribution in [2.45, 2.75) is 64.2 Å². The lowest BCUT2D eigenvalue weighted by Crippen LogP contribution is -2.42. The number of hydrogen-bond donors (Lipinski definition) is 2. The van der Waals surface area contributed by atoms with Crippen LogP contribution in [0.4, 0.5) is 0 Å². The molecule has 0 spiro atoms. The normalized spacial score (nSPS) is 21.9. The van der Waals surface area contributed by atoms with Crippen molar-refractivity contribution < 1.29 is 9.59 Å². The summed E-state index contributed by atoms with van der Waals surface area (Å²) in [4.78, 5) is 23.8. The summed E-state index contributed by atoms with van der Waals surface area (Å²) in [6.45, 7) is 0.296. The van der Waals surface area contributed by atoms with Crippen molar-refractivity contribution in [3.05, 3.63) is 0 Å². The van der Waals surface area contributed by atoms with Gasteiger partial charge in [-0.2, -0.15) is 0 Å². The highest BCUT2D eigenvalue weighted by molar-refractivity contribution is 5.81. The summed E-state index contributed by atoms with van der Waals surface area (Å²) in [7, 11) is 0. The van der Waals surface area contributed by atoms with Gasteiger partial charge in [0.1, 0.15) is 0 Å². The first-order valence-electron chi connectivity index (χ1n) is 7.83. The van der Waals surface area contributed by atoms with Gasteiger partial charge in [-0.1, -0.05) is 38.5 Å². The predicted molar refractivity (Wildman–Crippen MR) is 74.3 cm³/mol. The van der Waals surface area contributed by atoms with E-state index in [1.165, 1.54) is 12.8 Å². The zero-order valence-corrected chi connectivity index (χ0v) is 11.7. The number of carbonyl (C=O) groups is 2. The maximum Gasteiger partial charge on any atom is 0.224 e. The molecular weight excluding hydrogens is 240 g/mol. The van der Waals surface area contributed by atoms with Gasteiger partial charge < -0.3 is 10.6 Å². The van der Waals surface area contributed by atoms with Crippen LogP contribution in [0.3, 0.4) is 0 Å². The summed E-state index contributed by atoms with van der Waals surface area (Å²) in [6.07, 6.45) is 11.2. The Balaban J connectivity index is 1.62. The van der Waals surface area contributed by atoms with E-state index in [2.05, 4.69) is 10.6 Å². The van der Waals surface area contributed by atoms with E-state index in [9.17, 15) is 9.59 Å². The highest BCUT2D eigenvalue weighted by atomic mass is 16.2. The average molecular weight is 266 g/mol. The molecule has 0 aromatic rings. The van der Waals surface area contributed by atoms with E-state index in [1.807, 2.05) is 0 Å². The number of carbonyl (C=O) groups excluding carboxylic acids is 2. The minimum atomic E-state index is 0.114. The molecule has 2 aliphatic rings. The van der Waals surface area contributed by atoms with Crippen molar-refractivity contribution in [1.82, 2.24) is 10.6 Å². The molecule has 0 saturated heterocycles. The summed E-state index contributed by atoms with van der Waals surface area (Å²) in [6, 6.07) is 0. The molecule has 2 amide bonds. The third-order valence-electron chi connectivity index (χ3n) is 4.48. The Labute approximate surface area is 115 Å². The molecule has 0 bridgehead atoms. The van der Waals surface area contributed by atoms with Gasteiger partial charge in [0.2, 0.25) is 11.8 Å². The van der Waals surface area contributed by atoms with Gasteiger partial charge >= 0.3 is 0 Å². The van der Waals surface area contributed by atoms with Gasteiger partial charge in [-0.3, -0.25) is 9.59 Å². The minimum absolute atomic E-state index is 0.114. The molecule has 2 N–H and O–H groups in total. The van der Waals surface area contributed by atoms with Gasteiger partial charge in [-0.25, -0.2) is 0 Å². The first kappa shape index (κ1) is 14.4. The lowest BCUT2D eigenvalue weighted by atomic mass is 9.88. The van der Waals surface area contributed by atoms with Crippen molar-refractivity contribution >= 4 is 11.8 Å². The van der Waals surface area contributed by atoms with E-state index in [0.717, 1.165) is 51.4 Å². The topological polar surface area (TPSA) is 58.2 Å². The first-order valence-corrected chi connectivity index (χ1v) is 7.83. The SMILES string of the molecule is O=C(NCNC(=O)C1CCCCC1)C1CCCCC1. The molecule has 19 heavy (non-hydrogen) atoms. The number of amides is 2. The fourth-order valence-corrected chi connectivity index (χ4v) is 3.24. The molecule has 0 heterocycles. The van der Waals surface area contributed by atoms with Crippen LogP contribution < -0.4 is 10.6 Å². The summed E-state index contributed by atoms with van der Waals surface area (Å²) in [5.74, 6) is 0.563. The van der Waals surface area contributed by atoms with Gasteiger partial charge in [0.25, 0.3) is 0 Å². The van der Waals surface area contributed by atoms with Crippen molar-refractivity contribution in [3.8, 4) is 0 Å². The Morgan fingerprint density at radius 1 is 0.684 bits per heavy atom. The van der Waals surface area contributed by atoms with Gasteiger partial charge in [0.05, 0.1) is 6.67 Å². The van der Waals surface area contributed by atoms with Gasteiger partial charge in [0.15, 0.2) is 0 Å². The highest BCUT2D eigenvalue weighted by Crippen LogP contribution is 2.24. The third-order valence-corrected chi connectivity index (χ3v) is 4.48. The predicted octanol–water partition coefficient (Wildman–Crippen LogP) is 2.34. The maximum absolute atomic E-state index is 11.9. The lowest BCUT2D eigenvalue weighted by molar-refractivity contribution is -0.127. The minimum Gasteiger partial charge on any atom is -0.338 e. The molecular formula is C15H26N2O2. The van der Waals surface area contributed by atoms with Crippen molar-refractivity contribution in [2.24, 2.45) is 11.8 Å². The van der Waals surface area contributed by atoms with Crippen LogP contribution in [0.5, 0.6) is 0 Å².